The fourth-order valence-corrected chi connectivity index (χ4v) is 4.80. The van der Waals surface area contributed by atoms with Gasteiger partial charge in [-0.05, 0) is 59.6 Å². The molecule has 5 rings (SSSR count). The fraction of sp³-hybridized carbons (Fsp3) is 0.323. The molecular formula is C31H33NO3. The lowest BCUT2D eigenvalue weighted by Gasteiger charge is -2.30. The summed E-state index contributed by atoms with van der Waals surface area (Å²) in [6.45, 7) is 10.7. The van der Waals surface area contributed by atoms with E-state index in [-0.39, 0.29) is 11.2 Å². The molecule has 4 heteroatoms. The summed E-state index contributed by atoms with van der Waals surface area (Å²) < 4.78 is 12.3. The standard InChI is InChI=1S/C31H33NO3/c1-21-17-26-25(19-32(20-34-26)16-8-11-22-9-6-5-7-10-22)30-28(21)29(33)27(35-30)18-23-12-14-24(15-13-23)31(2,3)4/h5-7,9-10,12-15,17-18H,8,11,16,19-20H2,1-4H3/b27-18-. The Balaban J connectivity index is 1.34. The monoisotopic (exact) mass is 467 g/mol. The smallest absolute Gasteiger partial charge is 0.232 e. The van der Waals surface area contributed by atoms with Crippen molar-refractivity contribution in [3.8, 4) is 11.5 Å². The van der Waals surface area contributed by atoms with Gasteiger partial charge in [0.2, 0.25) is 5.78 Å². The summed E-state index contributed by atoms with van der Waals surface area (Å²) in [4.78, 5) is 15.6. The highest BCUT2D eigenvalue weighted by Gasteiger charge is 2.35. The molecule has 4 nitrogen and oxygen atoms in total. The minimum absolute atomic E-state index is 0.0543. The molecule has 0 spiro atoms. The van der Waals surface area contributed by atoms with Gasteiger partial charge in [0.15, 0.2) is 5.76 Å². The number of carbonyl (C=O) groups excluding carboxylic acids is 1. The predicted octanol–water partition coefficient (Wildman–Crippen LogP) is 6.69. The summed E-state index contributed by atoms with van der Waals surface area (Å²) in [5.74, 6) is 1.81. The van der Waals surface area contributed by atoms with Crippen LogP contribution in [0.4, 0.5) is 0 Å². The van der Waals surface area contributed by atoms with Crippen LogP contribution in [0.25, 0.3) is 6.08 Å². The van der Waals surface area contributed by atoms with E-state index in [9.17, 15) is 4.79 Å². The Kier molecular flexibility index (Phi) is 6.24. The van der Waals surface area contributed by atoms with E-state index < -0.39 is 0 Å². The van der Waals surface area contributed by atoms with Crippen molar-refractivity contribution in [2.75, 3.05) is 13.3 Å². The molecule has 3 aromatic carbocycles. The highest BCUT2D eigenvalue weighted by Crippen LogP contribution is 2.44. The van der Waals surface area contributed by atoms with Crippen molar-refractivity contribution < 1.29 is 14.3 Å². The maximum Gasteiger partial charge on any atom is 0.232 e. The van der Waals surface area contributed by atoms with Gasteiger partial charge in [-0.1, -0.05) is 75.4 Å². The Bertz CT molecular complexity index is 1270. The van der Waals surface area contributed by atoms with Crippen molar-refractivity contribution in [2.24, 2.45) is 0 Å². The molecular weight excluding hydrogens is 434 g/mol. The third kappa shape index (κ3) is 4.89. The van der Waals surface area contributed by atoms with Crippen LogP contribution in [0.1, 0.15) is 65.4 Å². The molecule has 0 saturated carbocycles. The number of benzene rings is 3. The van der Waals surface area contributed by atoms with Crippen LogP contribution in [-0.4, -0.2) is 24.0 Å². The minimum Gasteiger partial charge on any atom is -0.478 e. The number of carbonyl (C=O) groups is 1. The zero-order valence-corrected chi connectivity index (χ0v) is 21.1. The molecule has 0 amide bonds. The van der Waals surface area contributed by atoms with Crippen LogP contribution >= 0.6 is 0 Å². The van der Waals surface area contributed by atoms with Crippen LogP contribution in [0, 0.1) is 6.92 Å². The maximum atomic E-state index is 13.3. The molecule has 0 bridgehead atoms. The average molecular weight is 468 g/mol. The van der Waals surface area contributed by atoms with E-state index in [1.54, 1.807) is 0 Å². The molecule has 35 heavy (non-hydrogen) atoms. The van der Waals surface area contributed by atoms with Crippen LogP contribution < -0.4 is 9.47 Å². The van der Waals surface area contributed by atoms with Gasteiger partial charge >= 0.3 is 0 Å². The van der Waals surface area contributed by atoms with Gasteiger partial charge in [-0.3, -0.25) is 9.69 Å². The van der Waals surface area contributed by atoms with Crippen LogP contribution in [0.3, 0.4) is 0 Å². The number of hydrogen-bond donors (Lipinski definition) is 0. The van der Waals surface area contributed by atoms with E-state index in [4.69, 9.17) is 9.47 Å². The zero-order valence-electron chi connectivity index (χ0n) is 21.1. The second kappa shape index (κ2) is 9.35. The lowest BCUT2D eigenvalue weighted by molar-refractivity contribution is 0.0928. The molecule has 0 N–H and O–H groups in total. The van der Waals surface area contributed by atoms with Gasteiger partial charge in [0.05, 0.1) is 11.1 Å². The lowest BCUT2D eigenvalue weighted by atomic mass is 9.86. The number of ether oxygens (including phenoxy) is 2. The first kappa shape index (κ1) is 23.4. The number of fused-ring (bicyclic) bond motifs is 3. The van der Waals surface area contributed by atoms with Gasteiger partial charge in [-0.2, -0.15) is 0 Å². The number of nitrogens with zero attached hydrogens (tertiary/aromatic N) is 1. The number of ketones is 1. The molecule has 180 valence electrons. The van der Waals surface area contributed by atoms with Crippen molar-refractivity contribution in [1.82, 2.24) is 4.90 Å². The van der Waals surface area contributed by atoms with Crippen molar-refractivity contribution >= 4 is 11.9 Å². The Morgan fingerprint density at radius 2 is 1.77 bits per heavy atom. The Morgan fingerprint density at radius 3 is 2.49 bits per heavy atom. The van der Waals surface area contributed by atoms with Crippen LogP contribution in [-0.2, 0) is 18.4 Å². The minimum atomic E-state index is -0.0543. The highest BCUT2D eigenvalue weighted by atomic mass is 16.5. The van der Waals surface area contributed by atoms with Gasteiger partial charge in [-0.25, -0.2) is 0 Å². The van der Waals surface area contributed by atoms with E-state index in [0.29, 0.717) is 30.3 Å². The van der Waals surface area contributed by atoms with Crippen molar-refractivity contribution in [1.29, 1.82) is 0 Å². The van der Waals surface area contributed by atoms with Gasteiger partial charge in [0.25, 0.3) is 0 Å². The second-order valence-electron chi connectivity index (χ2n) is 10.6. The first-order valence-electron chi connectivity index (χ1n) is 12.4. The number of rotatable bonds is 5. The fourth-order valence-electron chi connectivity index (χ4n) is 4.80. The van der Waals surface area contributed by atoms with Crippen molar-refractivity contribution in [3.05, 3.63) is 99.8 Å². The molecule has 0 atom stereocenters. The SMILES string of the molecule is Cc1cc2c(c3c1C(=O)/C(=C/c1ccc(C(C)(C)C)cc1)O3)CN(CCCc1ccccc1)CO2. The summed E-state index contributed by atoms with van der Waals surface area (Å²) in [6.07, 6.45) is 3.93. The summed E-state index contributed by atoms with van der Waals surface area (Å²) in [5.41, 5.74) is 6.18. The average Bonchev–Trinajstić information content (AvgIpc) is 3.16. The Morgan fingerprint density at radius 1 is 1.03 bits per heavy atom. The third-order valence-electron chi connectivity index (χ3n) is 6.84. The highest BCUT2D eigenvalue weighted by molar-refractivity contribution is 6.15. The molecule has 0 radical (unpaired) electrons. The predicted molar refractivity (Wildman–Crippen MR) is 140 cm³/mol. The number of Topliss-reactive ketones (excluding diaryl/α,β-unsaturated/α-hetero) is 1. The maximum absolute atomic E-state index is 13.3. The van der Waals surface area contributed by atoms with E-state index in [2.05, 4.69) is 62.1 Å². The van der Waals surface area contributed by atoms with Gasteiger partial charge in [0.1, 0.15) is 18.2 Å². The first-order valence-corrected chi connectivity index (χ1v) is 12.4. The van der Waals surface area contributed by atoms with Gasteiger partial charge < -0.3 is 9.47 Å². The molecule has 2 heterocycles. The molecule has 3 aromatic rings. The van der Waals surface area contributed by atoms with E-state index in [0.717, 1.165) is 41.8 Å². The molecule has 0 saturated heterocycles. The van der Waals surface area contributed by atoms with E-state index in [1.165, 1.54) is 11.1 Å². The van der Waals surface area contributed by atoms with Crippen molar-refractivity contribution in [3.63, 3.8) is 0 Å². The van der Waals surface area contributed by atoms with Crippen LogP contribution in [0.2, 0.25) is 0 Å². The lowest BCUT2D eigenvalue weighted by Crippen LogP contribution is -2.33. The number of allylic oxidation sites excluding steroid dienone is 1. The Labute approximate surface area is 208 Å². The quantitative estimate of drug-likeness (QED) is 0.392. The largest absolute Gasteiger partial charge is 0.478 e. The number of hydrogen-bond acceptors (Lipinski definition) is 4. The molecule has 0 unspecified atom stereocenters. The normalized spacial score (nSPS) is 16.6. The van der Waals surface area contributed by atoms with E-state index in [1.807, 2.05) is 37.3 Å². The number of aryl methyl sites for hydroxylation is 2. The van der Waals surface area contributed by atoms with Crippen LogP contribution in [0.5, 0.6) is 11.5 Å². The first-order chi connectivity index (χ1) is 16.8. The molecule has 2 aliphatic rings. The molecule has 0 aliphatic carbocycles. The molecule has 0 fully saturated rings. The Hall–Kier alpha value is -3.37. The summed E-state index contributed by atoms with van der Waals surface area (Å²) in [7, 11) is 0. The summed E-state index contributed by atoms with van der Waals surface area (Å²) in [5, 5.41) is 0. The topological polar surface area (TPSA) is 38.8 Å². The summed E-state index contributed by atoms with van der Waals surface area (Å²) in [6, 6.07) is 20.9. The van der Waals surface area contributed by atoms with Crippen LogP contribution in [0.15, 0.2) is 66.4 Å². The molecule has 2 aliphatic heterocycles. The zero-order chi connectivity index (χ0) is 24.6. The summed E-state index contributed by atoms with van der Waals surface area (Å²) >= 11 is 0. The van der Waals surface area contributed by atoms with Gasteiger partial charge in [-0.15, -0.1) is 0 Å². The second-order valence-corrected chi connectivity index (χ2v) is 10.6. The van der Waals surface area contributed by atoms with E-state index >= 15 is 0 Å². The third-order valence-corrected chi connectivity index (χ3v) is 6.84. The van der Waals surface area contributed by atoms with Crippen molar-refractivity contribution in [2.45, 2.75) is 52.5 Å². The molecule has 0 aromatic heterocycles. The van der Waals surface area contributed by atoms with Gasteiger partial charge in [0, 0.05) is 13.1 Å².